The molecular formula is C27H29N5O2S. The van der Waals surface area contributed by atoms with Crippen LogP contribution in [0.5, 0.6) is 11.5 Å². The molecule has 2 aromatic heterocycles. The van der Waals surface area contributed by atoms with E-state index >= 15 is 0 Å². The molecule has 7 rings (SSSR count). The first-order valence-electron chi connectivity index (χ1n) is 12.3. The third-order valence-electron chi connectivity index (χ3n) is 7.77. The highest BCUT2D eigenvalue weighted by Gasteiger charge is 2.39. The number of rotatable bonds is 7. The molecule has 1 saturated carbocycles. The molecule has 0 amide bonds. The number of pyridine rings is 2. The predicted molar refractivity (Wildman–Crippen MR) is 136 cm³/mol. The second-order valence-electron chi connectivity index (χ2n) is 9.63. The van der Waals surface area contributed by atoms with Crippen molar-refractivity contribution in [2.24, 2.45) is 5.92 Å². The molecule has 2 bridgehead atoms. The molecule has 3 fully saturated rings. The van der Waals surface area contributed by atoms with Crippen LogP contribution in [0.4, 0.5) is 0 Å². The Bertz CT molecular complexity index is 1290. The average Bonchev–Trinajstić information content (AvgIpc) is 3.38. The SMILES string of the molecule is COc1ccc2ncc(C#N)c(CCN3C[C@@H]4CCC3CC4NCc3cc4c(cn3)OCS4)c2c1. The monoisotopic (exact) mass is 487 g/mol. The second kappa shape index (κ2) is 9.65. The van der Waals surface area contributed by atoms with Gasteiger partial charge in [0.05, 0.1) is 35.0 Å². The molecule has 8 heteroatoms. The number of hydrogen-bond donors (Lipinski definition) is 1. The number of methoxy groups -OCH3 is 1. The molecule has 1 aromatic carbocycles. The lowest BCUT2D eigenvalue weighted by molar-refractivity contribution is 0.0229. The van der Waals surface area contributed by atoms with Gasteiger partial charge in [0.2, 0.25) is 0 Å². The van der Waals surface area contributed by atoms with Crippen molar-refractivity contribution < 1.29 is 9.47 Å². The van der Waals surface area contributed by atoms with Crippen LogP contribution in [0, 0.1) is 17.2 Å². The van der Waals surface area contributed by atoms with E-state index < -0.39 is 0 Å². The van der Waals surface area contributed by atoms with Gasteiger partial charge in [-0.2, -0.15) is 5.26 Å². The average molecular weight is 488 g/mol. The zero-order valence-electron chi connectivity index (χ0n) is 19.9. The van der Waals surface area contributed by atoms with Crippen molar-refractivity contribution >= 4 is 22.7 Å². The Labute approximate surface area is 209 Å². The summed E-state index contributed by atoms with van der Waals surface area (Å²) in [6.07, 6.45) is 8.11. The Morgan fingerprint density at radius 1 is 1.26 bits per heavy atom. The minimum atomic E-state index is 0.532. The fourth-order valence-corrected chi connectivity index (χ4v) is 6.67. The van der Waals surface area contributed by atoms with Crippen LogP contribution in [-0.2, 0) is 13.0 Å². The highest BCUT2D eigenvalue weighted by molar-refractivity contribution is 7.99. The lowest BCUT2D eigenvalue weighted by Gasteiger charge is -2.50. The van der Waals surface area contributed by atoms with Crippen molar-refractivity contribution in [2.75, 3.05) is 26.1 Å². The van der Waals surface area contributed by atoms with Crippen molar-refractivity contribution in [3.63, 3.8) is 0 Å². The van der Waals surface area contributed by atoms with E-state index in [1.807, 2.05) is 24.4 Å². The number of ether oxygens (including phenoxy) is 2. The van der Waals surface area contributed by atoms with E-state index in [4.69, 9.17) is 9.47 Å². The number of nitrogens with zero attached hydrogens (tertiary/aromatic N) is 4. The van der Waals surface area contributed by atoms with Crippen LogP contribution in [0.1, 0.15) is 36.1 Å². The molecule has 2 saturated heterocycles. The summed E-state index contributed by atoms with van der Waals surface area (Å²) in [7, 11) is 1.67. The number of fused-ring (bicyclic) bond motifs is 5. The van der Waals surface area contributed by atoms with Crippen molar-refractivity contribution in [3.8, 4) is 17.6 Å². The van der Waals surface area contributed by atoms with E-state index in [0.29, 0.717) is 29.5 Å². The van der Waals surface area contributed by atoms with Gasteiger partial charge in [0, 0.05) is 43.3 Å². The Morgan fingerprint density at radius 2 is 2.20 bits per heavy atom. The minimum absolute atomic E-state index is 0.532. The van der Waals surface area contributed by atoms with Gasteiger partial charge in [0.25, 0.3) is 0 Å². The Balaban J connectivity index is 1.11. The maximum Gasteiger partial charge on any atom is 0.152 e. The molecule has 5 heterocycles. The zero-order valence-corrected chi connectivity index (χ0v) is 20.7. The molecule has 0 spiro atoms. The van der Waals surface area contributed by atoms with Crippen LogP contribution in [0.3, 0.4) is 0 Å². The first-order valence-corrected chi connectivity index (χ1v) is 13.3. The highest BCUT2D eigenvalue weighted by Crippen LogP contribution is 2.37. The van der Waals surface area contributed by atoms with E-state index in [1.165, 1.54) is 24.2 Å². The van der Waals surface area contributed by atoms with Crippen LogP contribution < -0.4 is 14.8 Å². The van der Waals surface area contributed by atoms with Gasteiger partial charge in [-0.1, -0.05) is 11.8 Å². The third kappa shape index (κ3) is 4.44. The fraction of sp³-hybridized carbons (Fsp3) is 0.444. The maximum atomic E-state index is 9.73. The van der Waals surface area contributed by atoms with Crippen LogP contribution in [0.25, 0.3) is 10.9 Å². The fourth-order valence-electron chi connectivity index (χ4n) is 5.88. The molecule has 2 unspecified atom stereocenters. The van der Waals surface area contributed by atoms with Crippen molar-refractivity contribution in [3.05, 3.63) is 53.5 Å². The van der Waals surface area contributed by atoms with Crippen LogP contribution in [-0.4, -0.2) is 53.1 Å². The molecule has 3 aliphatic heterocycles. The topological polar surface area (TPSA) is 83.3 Å². The third-order valence-corrected chi connectivity index (χ3v) is 8.64. The van der Waals surface area contributed by atoms with E-state index in [2.05, 4.69) is 32.3 Å². The molecule has 4 aliphatic rings. The first-order chi connectivity index (χ1) is 17.2. The Morgan fingerprint density at radius 3 is 3.03 bits per heavy atom. The normalized spacial score (nSPS) is 23.1. The molecule has 7 nitrogen and oxygen atoms in total. The lowest BCUT2D eigenvalue weighted by Crippen LogP contribution is -2.58. The van der Waals surface area contributed by atoms with Crippen molar-refractivity contribution in [2.45, 2.75) is 49.2 Å². The number of piperidine rings is 2. The van der Waals surface area contributed by atoms with Crippen molar-refractivity contribution in [1.29, 1.82) is 5.26 Å². The first kappa shape index (κ1) is 22.6. The molecule has 180 valence electrons. The van der Waals surface area contributed by atoms with E-state index in [-0.39, 0.29) is 0 Å². The number of nitrogens with one attached hydrogen (secondary N) is 1. The van der Waals surface area contributed by atoms with Gasteiger partial charge in [-0.3, -0.25) is 14.9 Å². The largest absolute Gasteiger partial charge is 0.497 e. The van der Waals surface area contributed by atoms with Gasteiger partial charge in [-0.15, -0.1) is 0 Å². The quantitative estimate of drug-likeness (QED) is 0.533. The van der Waals surface area contributed by atoms with Crippen LogP contribution in [0.15, 0.2) is 41.6 Å². The molecule has 1 aliphatic carbocycles. The summed E-state index contributed by atoms with van der Waals surface area (Å²) in [5.41, 5.74) is 3.74. The van der Waals surface area contributed by atoms with Gasteiger partial charge in [0.1, 0.15) is 17.8 Å². The summed E-state index contributed by atoms with van der Waals surface area (Å²) in [5, 5.41) is 14.6. The van der Waals surface area contributed by atoms with Gasteiger partial charge in [-0.25, -0.2) is 0 Å². The predicted octanol–water partition coefficient (Wildman–Crippen LogP) is 4.14. The van der Waals surface area contributed by atoms with Gasteiger partial charge < -0.3 is 14.8 Å². The van der Waals surface area contributed by atoms with E-state index in [1.54, 1.807) is 25.1 Å². The maximum absolute atomic E-state index is 9.73. The number of nitriles is 1. The van der Waals surface area contributed by atoms with Crippen molar-refractivity contribution in [1.82, 2.24) is 20.2 Å². The summed E-state index contributed by atoms with van der Waals surface area (Å²) >= 11 is 1.74. The number of aromatic nitrogens is 2. The van der Waals surface area contributed by atoms with Crippen LogP contribution in [0.2, 0.25) is 0 Å². The molecule has 1 N–H and O–H groups in total. The lowest BCUT2D eigenvalue weighted by atomic mass is 9.76. The Kier molecular flexibility index (Phi) is 6.23. The Hall–Kier alpha value is -2.86. The van der Waals surface area contributed by atoms with Gasteiger partial charge in [0.15, 0.2) is 5.75 Å². The summed E-state index contributed by atoms with van der Waals surface area (Å²) in [6, 6.07) is 11.5. The van der Waals surface area contributed by atoms with Gasteiger partial charge >= 0.3 is 0 Å². The number of hydrogen-bond acceptors (Lipinski definition) is 8. The second-order valence-corrected chi connectivity index (χ2v) is 10.6. The summed E-state index contributed by atoms with van der Waals surface area (Å²) < 4.78 is 11.0. The van der Waals surface area contributed by atoms with Gasteiger partial charge in [-0.05, 0) is 61.4 Å². The van der Waals surface area contributed by atoms with E-state index in [0.717, 1.165) is 59.7 Å². The molecule has 35 heavy (non-hydrogen) atoms. The summed E-state index contributed by atoms with van der Waals surface area (Å²) in [6.45, 7) is 2.87. The molecule has 0 radical (unpaired) electrons. The highest BCUT2D eigenvalue weighted by atomic mass is 32.2. The number of benzene rings is 1. The summed E-state index contributed by atoms with van der Waals surface area (Å²) in [5.74, 6) is 3.04. The zero-order chi connectivity index (χ0) is 23.8. The van der Waals surface area contributed by atoms with E-state index in [9.17, 15) is 5.26 Å². The molecule has 3 atom stereocenters. The molecular weight excluding hydrogens is 458 g/mol. The number of thioether (sulfide) groups is 1. The standard InChI is InChI=1S/C27H29N5O2S/c1-33-21-4-5-24-23(10-21)22(18(11-28)12-30-24)6-7-32-15-17-2-3-20(32)9-25(17)31-13-19-8-27-26(14-29-19)34-16-35-27/h4-5,8,10,12,14,17,20,25,31H,2-3,6-7,9,13,15-16H2,1H3/t17-,20?,25?/m0/s1. The smallest absolute Gasteiger partial charge is 0.152 e. The minimum Gasteiger partial charge on any atom is -0.497 e. The summed E-state index contributed by atoms with van der Waals surface area (Å²) in [4.78, 5) is 12.9. The molecule has 3 aromatic rings. The van der Waals surface area contributed by atoms with Crippen LogP contribution >= 0.6 is 11.8 Å².